The summed E-state index contributed by atoms with van der Waals surface area (Å²) in [5.41, 5.74) is 0.388. The highest BCUT2D eigenvalue weighted by Gasteiger charge is 2.57. The van der Waals surface area contributed by atoms with Crippen LogP contribution >= 0.6 is 0 Å². The maximum absolute atomic E-state index is 4.19. The molecule has 2 aliphatic rings. The van der Waals surface area contributed by atoms with Crippen LogP contribution in [0.1, 0.15) is 26.2 Å². The van der Waals surface area contributed by atoms with Gasteiger partial charge in [0.1, 0.15) is 0 Å². The highest BCUT2D eigenvalue weighted by molar-refractivity contribution is 5.30. The van der Waals surface area contributed by atoms with E-state index >= 15 is 0 Å². The Morgan fingerprint density at radius 1 is 1.67 bits per heavy atom. The minimum Gasteiger partial charge on any atom is -0.294 e. The molecule has 9 heavy (non-hydrogen) atoms. The molecule has 0 aliphatic heterocycles. The molecule has 0 radical (unpaired) electrons. The highest BCUT2D eigenvalue weighted by atomic mass is 14.9. The SMILES string of the molecule is C=NC12CCC1C(C)C2. The Kier molecular flexibility index (Phi) is 0.842. The number of fused-ring (bicyclic) bond motifs is 1. The van der Waals surface area contributed by atoms with Crippen molar-refractivity contribution >= 4 is 6.72 Å². The zero-order valence-corrected chi connectivity index (χ0v) is 5.93. The molecule has 1 nitrogen and oxygen atoms in total. The first kappa shape index (κ1) is 5.45. The lowest BCUT2D eigenvalue weighted by atomic mass is 9.48. The molecule has 0 aromatic rings. The summed E-state index contributed by atoms with van der Waals surface area (Å²) in [6, 6.07) is 0. The minimum atomic E-state index is 0.388. The molecule has 0 N–H and O–H groups in total. The van der Waals surface area contributed by atoms with Gasteiger partial charge in [0.15, 0.2) is 0 Å². The predicted molar refractivity (Wildman–Crippen MR) is 38.8 cm³/mol. The molecule has 0 saturated heterocycles. The van der Waals surface area contributed by atoms with E-state index in [1.165, 1.54) is 19.3 Å². The Morgan fingerprint density at radius 3 is 2.56 bits per heavy atom. The van der Waals surface area contributed by atoms with E-state index < -0.39 is 0 Å². The van der Waals surface area contributed by atoms with Gasteiger partial charge < -0.3 is 0 Å². The second kappa shape index (κ2) is 1.39. The van der Waals surface area contributed by atoms with Crippen molar-refractivity contribution in [1.29, 1.82) is 0 Å². The Bertz CT molecular complexity index is 153. The largest absolute Gasteiger partial charge is 0.294 e. The third-order valence-electron chi connectivity index (χ3n) is 3.26. The van der Waals surface area contributed by atoms with E-state index in [0.717, 1.165) is 11.8 Å². The lowest BCUT2D eigenvalue weighted by molar-refractivity contribution is -0.0426. The normalized spacial score (nSPS) is 54.8. The Hall–Kier alpha value is -0.330. The molecule has 0 spiro atoms. The standard InChI is InChI=1S/C8H13N/c1-6-5-8(9-2)4-3-7(6)8/h6-7H,2-5H2,1H3. The number of nitrogens with zero attached hydrogens (tertiary/aromatic N) is 1. The second-order valence-corrected chi connectivity index (χ2v) is 3.59. The maximum Gasteiger partial charge on any atom is 0.0634 e. The summed E-state index contributed by atoms with van der Waals surface area (Å²) in [6.07, 6.45) is 4.02. The van der Waals surface area contributed by atoms with Gasteiger partial charge in [-0.15, -0.1) is 0 Å². The molecule has 0 aromatic carbocycles. The van der Waals surface area contributed by atoms with Gasteiger partial charge in [0.05, 0.1) is 5.54 Å². The van der Waals surface area contributed by atoms with Crippen LogP contribution in [0.5, 0.6) is 0 Å². The van der Waals surface area contributed by atoms with Crippen molar-refractivity contribution in [3.63, 3.8) is 0 Å². The van der Waals surface area contributed by atoms with Gasteiger partial charge in [0.25, 0.3) is 0 Å². The Balaban J connectivity index is 2.12. The van der Waals surface area contributed by atoms with Crippen molar-refractivity contribution in [2.24, 2.45) is 16.8 Å². The number of rotatable bonds is 1. The van der Waals surface area contributed by atoms with Gasteiger partial charge in [0, 0.05) is 0 Å². The molecule has 2 rings (SSSR count). The zero-order valence-electron chi connectivity index (χ0n) is 5.93. The van der Waals surface area contributed by atoms with Crippen LogP contribution in [0.15, 0.2) is 4.99 Å². The van der Waals surface area contributed by atoms with E-state index in [4.69, 9.17) is 0 Å². The molecule has 0 heterocycles. The quantitative estimate of drug-likeness (QED) is 0.472. The molecule has 2 aliphatic carbocycles. The van der Waals surface area contributed by atoms with Gasteiger partial charge in [-0.25, -0.2) is 0 Å². The monoisotopic (exact) mass is 123 g/mol. The fraction of sp³-hybridized carbons (Fsp3) is 0.875. The van der Waals surface area contributed by atoms with E-state index in [0.29, 0.717) is 5.54 Å². The van der Waals surface area contributed by atoms with E-state index in [1.54, 1.807) is 0 Å². The summed E-state index contributed by atoms with van der Waals surface area (Å²) in [5.74, 6) is 1.85. The van der Waals surface area contributed by atoms with Crippen LogP contribution in [-0.4, -0.2) is 12.3 Å². The van der Waals surface area contributed by atoms with Crippen molar-refractivity contribution in [2.75, 3.05) is 0 Å². The average molecular weight is 123 g/mol. The molecule has 2 saturated carbocycles. The minimum absolute atomic E-state index is 0.388. The maximum atomic E-state index is 4.19. The van der Waals surface area contributed by atoms with Crippen LogP contribution in [0.3, 0.4) is 0 Å². The molecule has 2 fully saturated rings. The predicted octanol–water partition coefficient (Wildman–Crippen LogP) is 1.88. The summed E-state index contributed by atoms with van der Waals surface area (Å²) in [6.45, 7) is 5.97. The van der Waals surface area contributed by atoms with Gasteiger partial charge in [-0.3, -0.25) is 4.99 Å². The van der Waals surface area contributed by atoms with Crippen LogP contribution in [0, 0.1) is 11.8 Å². The molecule has 50 valence electrons. The van der Waals surface area contributed by atoms with Crippen LogP contribution in [0.2, 0.25) is 0 Å². The van der Waals surface area contributed by atoms with Crippen LogP contribution < -0.4 is 0 Å². The smallest absolute Gasteiger partial charge is 0.0634 e. The number of hydrogen-bond acceptors (Lipinski definition) is 1. The molecule has 0 amide bonds. The Morgan fingerprint density at radius 2 is 2.44 bits per heavy atom. The van der Waals surface area contributed by atoms with E-state index in [9.17, 15) is 0 Å². The number of hydrogen-bond donors (Lipinski definition) is 0. The summed E-state index contributed by atoms with van der Waals surface area (Å²) in [7, 11) is 0. The summed E-state index contributed by atoms with van der Waals surface area (Å²) >= 11 is 0. The van der Waals surface area contributed by atoms with Gasteiger partial charge >= 0.3 is 0 Å². The summed E-state index contributed by atoms with van der Waals surface area (Å²) in [4.78, 5) is 4.19. The lowest BCUT2D eigenvalue weighted by Crippen LogP contribution is -2.58. The number of aliphatic imine (C=N–C) groups is 1. The lowest BCUT2D eigenvalue weighted by Gasteiger charge is -2.60. The first-order valence-corrected chi connectivity index (χ1v) is 3.76. The topological polar surface area (TPSA) is 12.4 Å². The van der Waals surface area contributed by atoms with E-state index in [-0.39, 0.29) is 0 Å². The second-order valence-electron chi connectivity index (χ2n) is 3.59. The highest BCUT2D eigenvalue weighted by Crippen LogP contribution is 2.59. The van der Waals surface area contributed by atoms with E-state index in [2.05, 4.69) is 18.6 Å². The van der Waals surface area contributed by atoms with Crippen molar-refractivity contribution in [2.45, 2.75) is 31.7 Å². The Labute approximate surface area is 56.2 Å². The van der Waals surface area contributed by atoms with Gasteiger partial charge in [-0.2, -0.15) is 0 Å². The fourth-order valence-corrected chi connectivity index (χ4v) is 2.51. The summed E-state index contributed by atoms with van der Waals surface area (Å²) < 4.78 is 0. The van der Waals surface area contributed by atoms with Crippen molar-refractivity contribution in [3.8, 4) is 0 Å². The third-order valence-corrected chi connectivity index (χ3v) is 3.26. The van der Waals surface area contributed by atoms with Gasteiger partial charge in [-0.05, 0) is 37.8 Å². The molecular formula is C8H13N. The van der Waals surface area contributed by atoms with Crippen LogP contribution in [-0.2, 0) is 0 Å². The molecular weight excluding hydrogens is 110 g/mol. The molecule has 3 atom stereocenters. The van der Waals surface area contributed by atoms with Crippen LogP contribution in [0.25, 0.3) is 0 Å². The molecule has 3 unspecified atom stereocenters. The van der Waals surface area contributed by atoms with Gasteiger partial charge in [-0.1, -0.05) is 6.92 Å². The summed E-state index contributed by atoms with van der Waals surface area (Å²) in [5, 5.41) is 0. The van der Waals surface area contributed by atoms with E-state index in [1.807, 2.05) is 0 Å². The molecule has 0 bridgehead atoms. The molecule has 0 aromatic heterocycles. The average Bonchev–Trinajstić information content (AvgIpc) is 1.81. The van der Waals surface area contributed by atoms with Crippen molar-refractivity contribution < 1.29 is 0 Å². The fourth-order valence-electron chi connectivity index (χ4n) is 2.51. The zero-order chi connectivity index (χ0) is 6.48. The first-order chi connectivity index (χ1) is 4.28. The first-order valence-electron chi connectivity index (χ1n) is 3.76. The third kappa shape index (κ3) is 0.440. The van der Waals surface area contributed by atoms with Crippen molar-refractivity contribution in [3.05, 3.63) is 0 Å². The van der Waals surface area contributed by atoms with Gasteiger partial charge in [0.2, 0.25) is 0 Å². The van der Waals surface area contributed by atoms with Crippen LogP contribution in [0.4, 0.5) is 0 Å². The molecule has 1 heteroatoms. The van der Waals surface area contributed by atoms with Crippen molar-refractivity contribution in [1.82, 2.24) is 0 Å².